The van der Waals surface area contributed by atoms with E-state index in [9.17, 15) is 4.79 Å². The van der Waals surface area contributed by atoms with Gasteiger partial charge in [0.05, 0.1) is 20.1 Å². The number of ether oxygens (including phenoxy) is 1. The van der Waals surface area contributed by atoms with Crippen molar-refractivity contribution in [1.29, 1.82) is 0 Å². The van der Waals surface area contributed by atoms with Crippen LogP contribution in [0.1, 0.15) is 12.2 Å². The lowest BCUT2D eigenvalue weighted by Crippen LogP contribution is -3.00. The number of hydrogen-bond donors (Lipinski definition) is 1. The SMILES string of the molecule is COc1ccc(-c2c[n+](CC(=O)Nc3ccccc3)c3n2CCC3)cc1.[Cl-]. The summed E-state index contributed by atoms with van der Waals surface area (Å²) in [7, 11) is 1.67. The van der Waals surface area contributed by atoms with E-state index >= 15 is 0 Å². The number of hydrogen-bond acceptors (Lipinski definition) is 2. The van der Waals surface area contributed by atoms with Gasteiger partial charge in [0.2, 0.25) is 0 Å². The molecule has 0 radical (unpaired) electrons. The number of halogens is 1. The first-order valence-electron chi connectivity index (χ1n) is 8.86. The van der Waals surface area contributed by atoms with Gasteiger partial charge in [-0.05, 0) is 42.8 Å². The average molecular weight is 384 g/mol. The van der Waals surface area contributed by atoms with E-state index in [1.54, 1.807) is 7.11 Å². The van der Waals surface area contributed by atoms with Crippen LogP contribution in [-0.2, 0) is 24.3 Å². The third kappa shape index (κ3) is 3.98. The van der Waals surface area contributed by atoms with Crippen LogP contribution >= 0.6 is 0 Å². The zero-order valence-electron chi connectivity index (χ0n) is 15.2. The predicted molar refractivity (Wildman–Crippen MR) is 100 cm³/mol. The Hall–Kier alpha value is -2.79. The predicted octanol–water partition coefficient (Wildman–Crippen LogP) is 0.0401. The Morgan fingerprint density at radius 3 is 2.59 bits per heavy atom. The van der Waals surface area contributed by atoms with Crippen LogP contribution in [0, 0.1) is 0 Å². The number of anilines is 1. The van der Waals surface area contributed by atoms with Gasteiger partial charge >= 0.3 is 0 Å². The molecule has 2 aromatic carbocycles. The van der Waals surface area contributed by atoms with Gasteiger partial charge < -0.3 is 22.5 Å². The highest BCUT2D eigenvalue weighted by molar-refractivity contribution is 5.89. The summed E-state index contributed by atoms with van der Waals surface area (Å²) < 4.78 is 9.64. The highest BCUT2D eigenvalue weighted by atomic mass is 35.5. The first-order chi connectivity index (χ1) is 12.7. The highest BCUT2D eigenvalue weighted by Crippen LogP contribution is 2.26. The summed E-state index contributed by atoms with van der Waals surface area (Å²) >= 11 is 0. The number of carbonyl (C=O) groups excluding carboxylic acids is 1. The molecule has 3 aromatic rings. The van der Waals surface area contributed by atoms with Gasteiger partial charge in [0.25, 0.3) is 11.7 Å². The van der Waals surface area contributed by atoms with Crippen LogP contribution in [0.4, 0.5) is 5.69 Å². The van der Waals surface area contributed by atoms with Gasteiger partial charge in [-0.2, -0.15) is 0 Å². The van der Waals surface area contributed by atoms with E-state index in [-0.39, 0.29) is 18.3 Å². The second kappa shape index (κ2) is 8.27. The molecule has 0 aliphatic carbocycles. The van der Waals surface area contributed by atoms with E-state index < -0.39 is 0 Å². The van der Waals surface area contributed by atoms with E-state index in [2.05, 4.69) is 32.8 Å². The molecule has 0 fully saturated rings. The molecule has 0 bridgehead atoms. The van der Waals surface area contributed by atoms with Gasteiger partial charge in [-0.1, -0.05) is 18.2 Å². The first kappa shape index (κ1) is 19.0. The lowest BCUT2D eigenvalue weighted by molar-refractivity contribution is -0.690. The quantitative estimate of drug-likeness (QED) is 0.632. The molecule has 1 aromatic heterocycles. The Labute approximate surface area is 165 Å². The Morgan fingerprint density at radius 1 is 1.15 bits per heavy atom. The Balaban J connectivity index is 0.00000210. The van der Waals surface area contributed by atoms with Crippen LogP contribution in [0.5, 0.6) is 5.75 Å². The molecule has 0 atom stereocenters. The van der Waals surface area contributed by atoms with E-state index in [0.29, 0.717) is 6.54 Å². The molecule has 4 rings (SSSR count). The Kier molecular flexibility index (Phi) is 5.81. The normalized spacial score (nSPS) is 12.2. The van der Waals surface area contributed by atoms with Crippen molar-refractivity contribution < 1.29 is 26.5 Å². The second-order valence-corrected chi connectivity index (χ2v) is 6.46. The number of imidazole rings is 1. The highest BCUT2D eigenvalue weighted by Gasteiger charge is 2.29. The van der Waals surface area contributed by atoms with E-state index in [4.69, 9.17) is 4.74 Å². The van der Waals surface area contributed by atoms with Crippen LogP contribution in [0.3, 0.4) is 0 Å². The monoisotopic (exact) mass is 383 g/mol. The van der Waals surface area contributed by atoms with Gasteiger partial charge in [-0.15, -0.1) is 0 Å². The van der Waals surface area contributed by atoms with Gasteiger partial charge in [-0.3, -0.25) is 4.79 Å². The smallest absolute Gasteiger partial charge is 0.266 e. The molecule has 6 heteroatoms. The number of aromatic nitrogens is 2. The fourth-order valence-electron chi connectivity index (χ4n) is 3.52. The lowest BCUT2D eigenvalue weighted by atomic mass is 10.1. The molecule has 0 saturated carbocycles. The second-order valence-electron chi connectivity index (χ2n) is 6.46. The summed E-state index contributed by atoms with van der Waals surface area (Å²) in [6, 6.07) is 17.6. The molecule has 0 saturated heterocycles. The third-order valence-corrected chi connectivity index (χ3v) is 4.75. The fourth-order valence-corrected chi connectivity index (χ4v) is 3.52. The molecule has 1 N–H and O–H groups in total. The van der Waals surface area contributed by atoms with Crippen molar-refractivity contribution in [1.82, 2.24) is 4.57 Å². The Morgan fingerprint density at radius 2 is 1.89 bits per heavy atom. The number of amides is 1. The fraction of sp³-hybridized carbons (Fsp3) is 0.238. The summed E-state index contributed by atoms with van der Waals surface area (Å²) in [5, 5.41) is 2.96. The Bertz CT molecular complexity index is 921. The minimum atomic E-state index is -0.0113. The van der Waals surface area contributed by atoms with Crippen LogP contribution in [0.2, 0.25) is 0 Å². The molecule has 27 heavy (non-hydrogen) atoms. The number of carbonyl (C=O) groups is 1. The number of nitrogens with one attached hydrogen (secondary N) is 1. The van der Waals surface area contributed by atoms with Crippen molar-refractivity contribution in [2.75, 3.05) is 12.4 Å². The van der Waals surface area contributed by atoms with Crippen LogP contribution in [-0.4, -0.2) is 17.6 Å². The minimum Gasteiger partial charge on any atom is -1.00 e. The van der Waals surface area contributed by atoms with Crippen molar-refractivity contribution in [2.24, 2.45) is 0 Å². The summed E-state index contributed by atoms with van der Waals surface area (Å²) in [5.41, 5.74) is 3.10. The van der Waals surface area contributed by atoms with Gasteiger partial charge in [0, 0.05) is 11.3 Å². The van der Waals surface area contributed by atoms with Gasteiger partial charge in [-0.25, -0.2) is 9.13 Å². The van der Waals surface area contributed by atoms with Crippen molar-refractivity contribution >= 4 is 11.6 Å². The maximum Gasteiger partial charge on any atom is 0.266 e. The number of fused-ring (bicyclic) bond motifs is 1. The zero-order valence-corrected chi connectivity index (χ0v) is 15.9. The number of benzene rings is 2. The standard InChI is InChI=1S/C21H21N3O2.ClH/c1-26-18-11-9-16(10-12-18)19-14-23(21-8-5-13-24(19)21)15-20(25)22-17-6-3-2-4-7-17;/h2-4,6-7,9-12,14H,5,8,13,15H2,1H3;1H. The summed E-state index contributed by atoms with van der Waals surface area (Å²) in [4.78, 5) is 12.5. The zero-order chi connectivity index (χ0) is 17.9. The van der Waals surface area contributed by atoms with E-state index in [1.165, 1.54) is 5.82 Å². The van der Waals surface area contributed by atoms with Crippen molar-refractivity contribution in [3.05, 3.63) is 66.6 Å². The summed E-state index contributed by atoms with van der Waals surface area (Å²) in [6.07, 6.45) is 4.19. The van der Waals surface area contributed by atoms with Gasteiger partial charge in [0.15, 0.2) is 12.2 Å². The molecule has 0 unspecified atom stereocenters. The summed E-state index contributed by atoms with van der Waals surface area (Å²) in [6.45, 7) is 1.31. The van der Waals surface area contributed by atoms with Crippen molar-refractivity contribution in [3.8, 4) is 17.0 Å². The maximum atomic E-state index is 12.5. The van der Waals surface area contributed by atoms with E-state index in [1.807, 2.05) is 42.5 Å². The first-order valence-corrected chi connectivity index (χ1v) is 8.86. The van der Waals surface area contributed by atoms with Crippen LogP contribution < -0.4 is 27.0 Å². The van der Waals surface area contributed by atoms with Crippen LogP contribution in [0.25, 0.3) is 11.3 Å². The average Bonchev–Trinajstić information content (AvgIpc) is 3.27. The van der Waals surface area contributed by atoms with Crippen LogP contribution in [0.15, 0.2) is 60.8 Å². The number of para-hydroxylation sites is 1. The molecule has 2 heterocycles. The molecule has 1 aliphatic heterocycles. The number of rotatable bonds is 5. The molecule has 1 aliphatic rings. The largest absolute Gasteiger partial charge is 1.00 e. The molecule has 5 nitrogen and oxygen atoms in total. The maximum absolute atomic E-state index is 12.5. The molecule has 140 valence electrons. The molecule has 1 amide bonds. The lowest BCUT2D eigenvalue weighted by Gasteiger charge is -2.03. The third-order valence-electron chi connectivity index (χ3n) is 4.75. The van der Waals surface area contributed by atoms with E-state index in [0.717, 1.165) is 42.1 Å². The minimum absolute atomic E-state index is 0. The topological polar surface area (TPSA) is 47.1 Å². The van der Waals surface area contributed by atoms with Crippen molar-refractivity contribution in [2.45, 2.75) is 25.9 Å². The number of methoxy groups -OCH3 is 1. The molecular weight excluding hydrogens is 362 g/mol. The van der Waals surface area contributed by atoms with Gasteiger partial charge in [0.1, 0.15) is 11.9 Å². The summed E-state index contributed by atoms with van der Waals surface area (Å²) in [5.74, 6) is 2.04. The number of nitrogens with zero attached hydrogens (tertiary/aromatic N) is 2. The van der Waals surface area contributed by atoms with Crippen molar-refractivity contribution in [3.63, 3.8) is 0 Å². The molecular formula is C21H22ClN3O2. The molecule has 0 spiro atoms.